The molecule has 1 unspecified atom stereocenters. The van der Waals surface area contributed by atoms with E-state index in [0.717, 1.165) is 22.6 Å². The van der Waals surface area contributed by atoms with E-state index in [0.29, 0.717) is 0 Å². The van der Waals surface area contributed by atoms with E-state index in [-0.39, 0.29) is 6.04 Å². The summed E-state index contributed by atoms with van der Waals surface area (Å²) in [6.45, 7) is 1.96. The van der Waals surface area contributed by atoms with Crippen LogP contribution in [0.1, 0.15) is 23.0 Å². The van der Waals surface area contributed by atoms with Crippen molar-refractivity contribution in [2.24, 2.45) is 5.84 Å². The molecular formula is C16H17N5. The molecule has 0 saturated heterocycles. The monoisotopic (exact) mass is 279 g/mol. The molecule has 21 heavy (non-hydrogen) atoms. The van der Waals surface area contributed by atoms with Crippen LogP contribution < -0.4 is 11.3 Å². The van der Waals surface area contributed by atoms with Gasteiger partial charge in [0.2, 0.25) is 0 Å². The minimum absolute atomic E-state index is 0.166. The number of aromatic nitrogens is 3. The number of hydrogen-bond acceptors (Lipinski definition) is 4. The second kappa shape index (κ2) is 5.87. The summed E-state index contributed by atoms with van der Waals surface area (Å²) < 4.78 is 1.88. The van der Waals surface area contributed by atoms with Gasteiger partial charge in [-0.05, 0) is 36.8 Å². The first-order valence-electron chi connectivity index (χ1n) is 6.77. The fraction of sp³-hybridized carbons (Fsp3) is 0.125. The highest BCUT2D eigenvalue weighted by Crippen LogP contribution is 2.23. The lowest BCUT2D eigenvalue weighted by molar-refractivity contribution is 0.595. The second-order valence-electron chi connectivity index (χ2n) is 4.84. The molecule has 3 rings (SSSR count). The van der Waals surface area contributed by atoms with E-state index < -0.39 is 0 Å². The third-order valence-electron chi connectivity index (χ3n) is 3.40. The Kier molecular flexibility index (Phi) is 3.77. The standard InChI is InChI=1S/C16H17N5/c1-12-7-8-13(11-18-12)16(20-17)15-9-10-19-21(15)14-5-3-2-4-6-14/h2-11,16,20H,17H2,1H3. The number of pyridine rings is 1. The molecular weight excluding hydrogens is 262 g/mol. The maximum absolute atomic E-state index is 5.76. The minimum atomic E-state index is -0.166. The highest BCUT2D eigenvalue weighted by Gasteiger charge is 2.18. The second-order valence-corrected chi connectivity index (χ2v) is 4.84. The van der Waals surface area contributed by atoms with E-state index in [2.05, 4.69) is 15.5 Å². The van der Waals surface area contributed by atoms with Gasteiger partial charge in [-0.1, -0.05) is 24.3 Å². The van der Waals surface area contributed by atoms with Gasteiger partial charge in [0.05, 0.1) is 17.4 Å². The number of benzene rings is 1. The Morgan fingerprint density at radius 1 is 1.10 bits per heavy atom. The van der Waals surface area contributed by atoms with Crippen LogP contribution in [-0.4, -0.2) is 14.8 Å². The Morgan fingerprint density at radius 3 is 2.57 bits per heavy atom. The minimum Gasteiger partial charge on any atom is -0.271 e. The molecule has 0 bridgehead atoms. The molecule has 0 amide bonds. The first-order chi connectivity index (χ1) is 10.3. The van der Waals surface area contributed by atoms with Crippen LogP contribution in [0.25, 0.3) is 5.69 Å². The maximum Gasteiger partial charge on any atom is 0.0897 e. The zero-order valence-corrected chi connectivity index (χ0v) is 11.8. The number of hydrazine groups is 1. The lowest BCUT2D eigenvalue weighted by atomic mass is 10.1. The highest BCUT2D eigenvalue weighted by atomic mass is 15.3. The van der Waals surface area contributed by atoms with E-state index in [9.17, 15) is 0 Å². The molecule has 2 aromatic heterocycles. The third kappa shape index (κ3) is 2.69. The predicted octanol–water partition coefficient (Wildman–Crippen LogP) is 2.13. The molecule has 0 spiro atoms. The Morgan fingerprint density at radius 2 is 1.90 bits per heavy atom. The van der Waals surface area contributed by atoms with Gasteiger partial charge in [-0.2, -0.15) is 5.10 Å². The van der Waals surface area contributed by atoms with E-state index in [1.807, 2.05) is 66.3 Å². The molecule has 0 saturated carbocycles. The van der Waals surface area contributed by atoms with Crippen molar-refractivity contribution in [3.63, 3.8) is 0 Å². The molecule has 5 heteroatoms. The van der Waals surface area contributed by atoms with Crippen molar-refractivity contribution in [2.75, 3.05) is 0 Å². The summed E-state index contributed by atoms with van der Waals surface area (Å²) in [5.74, 6) is 5.76. The molecule has 0 aliphatic rings. The largest absolute Gasteiger partial charge is 0.271 e. The van der Waals surface area contributed by atoms with Crippen molar-refractivity contribution in [2.45, 2.75) is 13.0 Å². The smallest absolute Gasteiger partial charge is 0.0897 e. The number of nitrogens with two attached hydrogens (primary N) is 1. The van der Waals surface area contributed by atoms with E-state index in [4.69, 9.17) is 5.84 Å². The molecule has 2 heterocycles. The molecule has 3 N–H and O–H groups in total. The van der Waals surface area contributed by atoms with Crippen molar-refractivity contribution in [3.05, 3.63) is 77.9 Å². The van der Waals surface area contributed by atoms with Crippen molar-refractivity contribution in [1.29, 1.82) is 0 Å². The Hall–Kier alpha value is -2.50. The van der Waals surface area contributed by atoms with Gasteiger partial charge in [0, 0.05) is 18.1 Å². The molecule has 0 radical (unpaired) electrons. The van der Waals surface area contributed by atoms with Crippen LogP contribution in [0.2, 0.25) is 0 Å². The highest BCUT2D eigenvalue weighted by molar-refractivity contribution is 5.36. The van der Waals surface area contributed by atoms with Gasteiger partial charge < -0.3 is 0 Å². The van der Waals surface area contributed by atoms with Crippen molar-refractivity contribution in [1.82, 2.24) is 20.2 Å². The topological polar surface area (TPSA) is 68.8 Å². The fourth-order valence-corrected chi connectivity index (χ4v) is 2.32. The molecule has 1 aromatic carbocycles. The third-order valence-corrected chi connectivity index (χ3v) is 3.40. The molecule has 0 aliphatic carbocycles. The molecule has 0 aliphatic heterocycles. The Bertz CT molecular complexity index is 703. The van der Waals surface area contributed by atoms with Gasteiger partial charge in [-0.25, -0.2) is 10.1 Å². The molecule has 106 valence electrons. The normalized spacial score (nSPS) is 12.3. The summed E-state index contributed by atoms with van der Waals surface area (Å²) in [6, 6.07) is 15.8. The first-order valence-corrected chi connectivity index (χ1v) is 6.77. The number of rotatable bonds is 4. The fourth-order valence-electron chi connectivity index (χ4n) is 2.32. The lowest BCUT2D eigenvalue weighted by Gasteiger charge is -2.18. The van der Waals surface area contributed by atoms with Crippen LogP contribution in [0.15, 0.2) is 60.9 Å². The summed E-state index contributed by atoms with van der Waals surface area (Å²) in [7, 11) is 0. The lowest BCUT2D eigenvalue weighted by Crippen LogP contribution is -2.30. The summed E-state index contributed by atoms with van der Waals surface area (Å²) in [5, 5.41) is 4.40. The van der Waals surface area contributed by atoms with Crippen molar-refractivity contribution >= 4 is 0 Å². The molecule has 5 nitrogen and oxygen atoms in total. The van der Waals surface area contributed by atoms with Crippen LogP contribution in [-0.2, 0) is 0 Å². The Labute approximate surface area is 123 Å². The summed E-state index contributed by atoms with van der Waals surface area (Å²) in [6.07, 6.45) is 3.61. The zero-order valence-electron chi connectivity index (χ0n) is 11.8. The maximum atomic E-state index is 5.76. The van der Waals surface area contributed by atoms with Crippen LogP contribution >= 0.6 is 0 Å². The van der Waals surface area contributed by atoms with E-state index >= 15 is 0 Å². The predicted molar refractivity (Wildman–Crippen MR) is 81.7 cm³/mol. The van der Waals surface area contributed by atoms with Crippen LogP contribution in [0, 0.1) is 6.92 Å². The number of aryl methyl sites for hydroxylation is 1. The van der Waals surface area contributed by atoms with Gasteiger partial charge in [-0.15, -0.1) is 0 Å². The summed E-state index contributed by atoms with van der Waals surface area (Å²) >= 11 is 0. The van der Waals surface area contributed by atoms with E-state index in [1.54, 1.807) is 6.20 Å². The number of nitrogens with one attached hydrogen (secondary N) is 1. The van der Waals surface area contributed by atoms with Crippen LogP contribution in [0.4, 0.5) is 0 Å². The average molecular weight is 279 g/mol. The first kappa shape index (κ1) is 13.5. The van der Waals surface area contributed by atoms with Crippen molar-refractivity contribution in [3.8, 4) is 5.69 Å². The number of para-hydroxylation sites is 1. The van der Waals surface area contributed by atoms with Gasteiger partial charge >= 0.3 is 0 Å². The summed E-state index contributed by atoms with van der Waals surface area (Å²) in [5.41, 5.74) is 6.79. The average Bonchev–Trinajstić information content (AvgIpc) is 3.00. The zero-order chi connectivity index (χ0) is 14.7. The van der Waals surface area contributed by atoms with Crippen LogP contribution in [0.3, 0.4) is 0 Å². The van der Waals surface area contributed by atoms with Crippen LogP contribution in [0.5, 0.6) is 0 Å². The summed E-state index contributed by atoms with van der Waals surface area (Å²) in [4.78, 5) is 4.34. The molecule has 3 aromatic rings. The Balaban J connectivity index is 2.03. The van der Waals surface area contributed by atoms with E-state index in [1.165, 1.54) is 0 Å². The SMILES string of the molecule is Cc1ccc(C(NN)c2ccnn2-c2ccccc2)cn1. The quantitative estimate of drug-likeness (QED) is 0.567. The van der Waals surface area contributed by atoms with Gasteiger partial charge in [0.1, 0.15) is 0 Å². The van der Waals surface area contributed by atoms with Gasteiger partial charge in [0.25, 0.3) is 0 Å². The van der Waals surface area contributed by atoms with Gasteiger partial charge in [-0.3, -0.25) is 10.8 Å². The van der Waals surface area contributed by atoms with Crippen molar-refractivity contribution < 1.29 is 0 Å². The van der Waals surface area contributed by atoms with Gasteiger partial charge in [0.15, 0.2) is 0 Å². The number of hydrogen-bond donors (Lipinski definition) is 2. The molecule has 0 fully saturated rings. The molecule has 1 atom stereocenters. The number of nitrogens with zero attached hydrogens (tertiary/aromatic N) is 3.